The molecule has 0 aliphatic carbocycles. The van der Waals surface area contributed by atoms with Crippen LogP contribution in [0.1, 0.15) is 15.9 Å². The van der Waals surface area contributed by atoms with Crippen LogP contribution in [0.15, 0.2) is 72.8 Å². The van der Waals surface area contributed by atoms with Crippen LogP contribution >= 0.6 is 0 Å². The smallest absolute Gasteiger partial charge is 0.376 e. The molecule has 9 heteroatoms. The fraction of sp³-hybridized carbons (Fsp3) is 0.0909. The lowest BCUT2D eigenvalue weighted by Crippen LogP contribution is -2.22. The summed E-state index contributed by atoms with van der Waals surface area (Å²) in [5, 5.41) is 7.84. The van der Waals surface area contributed by atoms with Crippen LogP contribution in [0.5, 0.6) is 0 Å². The van der Waals surface area contributed by atoms with Gasteiger partial charge in [0.25, 0.3) is 5.91 Å². The average molecular weight is 431 g/mol. The Bertz CT molecular complexity index is 1080. The Balaban J connectivity index is 1.61. The van der Waals surface area contributed by atoms with Crippen LogP contribution in [-0.4, -0.2) is 18.4 Å². The van der Waals surface area contributed by atoms with E-state index in [2.05, 4.69) is 16.0 Å². The fourth-order valence-electron chi connectivity index (χ4n) is 2.67. The third-order valence-corrected chi connectivity index (χ3v) is 4.15. The molecule has 0 spiro atoms. The Morgan fingerprint density at radius 3 is 2.10 bits per heavy atom. The van der Waals surface area contributed by atoms with Crippen LogP contribution in [-0.2, 0) is 11.0 Å². The van der Waals surface area contributed by atoms with E-state index >= 15 is 0 Å². The lowest BCUT2D eigenvalue weighted by atomic mass is 10.1. The van der Waals surface area contributed by atoms with E-state index in [0.29, 0.717) is 11.4 Å². The summed E-state index contributed by atoms with van der Waals surface area (Å²) in [5.74, 6) is -1.42. The zero-order chi connectivity index (χ0) is 22.4. The van der Waals surface area contributed by atoms with Crippen molar-refractivity contribution in [2.24, 2.45) is 0 Å². The summed E-state index contributed by atoms with van der Waals surface area (Å²) < 4.78 is 51.3. The highest BCUT2D eigenvalue weighted by molar-refractivity contribution is 6.05. The molecular weight excluding hydrogens is 414 g/mol. The maximum Gasteiger partial charge on any atom is 0.416 e. The summed E-state index contributed by atoms with van der Waals surface area (Å²) >= 11 is 0. The van der Waals surface area contributed by atoms with Gasteiger partial charge in [0.15, 0.2) is 0 Å². The number of hydrogen-bond donors (Lipinski definition) is 3. The third kappa shape index (κ3) is 6.30. The minimum atomic E-state index is -4.52. The summed E-state index contributed by atoms with van der Waals surface area (Å²) in [6, 6.07) is 15.7. The molecule has 0 saturated carbocycles. The standard InChI is InChI=1S/C22H17F4N3O2/c23-16-7-9-17(10-8-16)27-13-20(30)28-18-5-1-3-14(11-18)21(31)29-19-6-2-4-15(12-19)22(24,25)26/h1-12,27H,13H2,(H,28,30)(H,29,31). The Labute approximate surface area is 175 Å². The average Bonchev–Trinajstić information content (AvgIpc) is 2.73. The van der Waals surface area contributed by atoms with E-state index in [-0.39, 0.29) is 17.8 Å². The van der Waals surface area contributed by atoms with Crippen molar-refractivity contribution in [1.29, 1.82) is 0 Å². The number of rotatable bonds is 6. The molecule has 0 fully saturated rings. The normalized spacial score (nSPS) is 11.0. The van der Waals surface area contributed by atoms with Crippen LogP contribution in [0.4, 0.5) is 34.6 Å². The van der Waals surface area contributed by atoms with Gasteiger partial charge in [-0.25, -0.2) is 4.39 Å². The SMILES string of the molecule is O=C(CNc1ccc(F)cc1)Nc1cccc(C(=O)Nc2cccc(C(F)(F)F)c2)c1. The van der Waals surface area contributed by atoms with Crippen LogP contribution in [0.2, 0.25) is 0 Å². The molecule has 0 aromatic heterocycles. The monoisotopic (exact) mass is 431 g/mol. The molecule has 3 aromatic rings. The van der Waals surface area contributed by atoms with Gasteiger partial charge >= 0.3 is 6.18 Å². The predicted octanol–water partition coefficient (Wildman–Crippen LogP) is 5.15. The van der Waals surface area contributed by atoms with Crippen molar-refractivity contribution in [3.63, 3.8) is 0 Å². The first kappa shape index (κ1) is 21.8. The van der Waals surface area contributed by atoms with E-state index in [4.69, 9.17) is 0 Å². The Morgan fingerprint density at radius 1 is 0.774 bits per heavy atom. The number of carbonyl (C=O) groups is 2. The Hall–Kier alpha value is -3.88. The molecule has 0 bridgehead atoms. The highest BCUT2D eigenvalue weighted by Gasteiger charge is 2.30. The van der Waals surface area contributed by atoms with Gasteiger partial charge in [-0.3, -0.25) is 9.59 Å². The minimum Gasteiger partial charge on any atom is -0.376 e. The maximum atomic E-state index is 12.9. The predicted molar refractivity (Wildman–Crippen MR) is 109 cm³/mol. The van der Waals surface area contributed by atoms with Gasteiger partial charge in [-0.05, 0) is 60.7 Å². The number of alkyl halides is 3. The van der Waals surface area contributed by atoms with Crippen LogP contribution < -0.4 is 16.0 Å². The second-order valence-electron chi connectivity index (χ2n) is 6.52. The number of halogens is 4. The molecule has 2 amide bonds. The topological polar surface area (TPSA) is 70.2 Å². The third-order valence-electron chi connectivity index (χ3n) is 4.15. The van der Waals surface area contributed by atoms with E-state index in [1.165, 1.54) is 54.6 Å². The Morgan fingerprint density at radius 2 is 1.42 bits per heavy atom. The van der Waals surface area contributed by atoms with Gasteiger partial charge < -0.3 is 16.0 Å². The number of anilines is 3. The van der Waals surface area contributed by atoms with Crippen LogP contribution in [0.3, 0.4) is 0 Å². The number of carbonyl (C=O) groups excluding carboxylic acids is 2. The molecule has 3 aromatic carbocycles. The summed E-state index contributed by atoms with van der Waals surface area (Å²) in [6.45, 7) is -0.0910. The number of amides is 2. The number of benzene rings is 3. The van der Waals surface area contributed by atoms with E-state index in [9.17, 15) is 27.2 Å². The molecule has 0 radical (unpaired) electrons. The van der Waals surface area contributed by atoms with Crippen LogP contribution in [0.25, 0.3) is 0 Å². The molecule has 0 aliphatic heterocycles. The summed E-state index contributed by atoms with van der Waals surface area (Å²) in [6.07, 6.45) is -4.52. The Kier molecular flexibility index (Phi) is 6.54. The van der Waals surface area contributed by atoms with Crippen molar-refractivity contribution in [2.45, 2.75) is 6.18 Å². The second-order valence-corrected chi connectivity index (χ2v) is 6.52. The first-order chi connectivity index (χ1) is 14.7. The first-order valence-electron chi connectivity index (χ1n) is 9.09. The molecule has 0 heterocycles. The van der Waals surface area contributed by atoms with E-state index in [0.717, 1.165) is 12.1 Å². The van der Waals surface area contributed by atoms with Crippen molar-refractivity contribution < 1.29 is 27.2 Å². The zero-order valence-electron chi connectivity index (χ0n) is 16.0. The largest absolute Gasteiger partial charge is 0.416 e. The van der Waals surface area contributed by atoms with Gasteiger partial charge in [0.05, 0.1) is 12.1 Å². The summed E-state index contributed by atoms with van der Waals surface area (Å²) in [5.41, 5.74) is 0.174. The van der Waals surface area contributed by atoms with Crippen LogP contribution in [0, 0.1) is 5.82 Å². The van der Waals surface area contributed by atoms with E-state index in [1.807, 2.05) is 0 Å². The molecule has 5 nitrogen and oxygen atoms in total. The van der Waals surface area contributed by atoms with Gasteiger partial charge in [-0.1, -0.05) is 12.1 Å². The molecular formula is C22H17F4N3O2. The molecule has 0 unspecified atom stereocenters. The molecule has 3 N–H and O–H groups in total. The van der Waals surface area contributed by atoms with Gasteiger partial charge in [-0.2, -0.15) is 13.2 Å². The summed E-state index contributed by atoms with van der Waals surface area (Å²) in [7, 11) is 0. The summed E-state index contributed by atoms with van der Waals surface area (Å²) in [4.78, 5) is 24.5. The highest BCUT2D eigenvalue weighted by Crippen LogP contribution is 2.30. The zero-order valence-corrected chi connectivity index (χ0v) is 16.0. The maximum absolute atomic E-state index is 12.9. The lowest BCUT2D eigenvalue weighted by Gasteiger charge is -2.11. The van der Waals surface area contributed by atoms with Crippen molar-refractivity contribution >= 4 is 28.9 Å². The van der Waals surface area contributed by atoms with E-state index < -0.39 is 29.4 Å². The lowest BCUT2D eigenvalue weighted by molar-refractivity contribution is -0.137. The quantitative estimate of drug-likeness (QED) is 0.473. The highest BCUT2D eigenvalue weighted by atomic mass is 19.4. The van der Waals surface area contributed by atoms with Gasteiger partial charge in [0.2, 0.25) is 5.91 Å². The van der Waals surface area contributed by atoms with Crippen molar-refractivity contribution in [3.8, 4) is 0 Å². The molecule has 31 heavy (non-hydrogen) atoms. The molecule has 160 valence electrons. The van der Waals surface area contributed by atoms with Gasteiger partial charge in [0.1, 0.15) is 5.82 Å². The van der Waals surface area contributed by atoms with Crippen molar-refractivity contribution in [1.82, 2.24) is 0 Å². The first-order valence-corrected chi connectivity index (χ1v) is 9.09. The van der Waals surface area contributed by atoms with Crippen molar-refractivity contribution in [2.75, 3.05) is 22.5 Å². The number of hydrogen-bond acceptors (Lipinski definition) is 3. The molecule has 0 aliphatic rings. The fourth-order valence-corrected chi connectivity index (χ4v) is 2.67. The molecule has 3 rings (SSSR count). The number of nitrogens with one attached hydrogen (secondary N) is 3. The minimum absolute atomic E-state index is 0.00207. The van der Waals surface area contributed by atoms with Gasteiger partial charge in [-0.15, -0.1) is 0 Å². The molecule has 0 saturated heterocycles. The van der Waals surface area contributed by atoms with Gasteiger partial charge in [0, 0.05) is 22.6 Å². The molecule has 0 atom stereocenters. The van der Waals surface area contributed by atoms with E-state index in [1.54, 1.807) is 6.07 Å². The van der Waals surface area contributed by atoms with Crippen molar-refractivity contribution in [3.05, 3.63) is 89.7 Å². The second kappa shape index (κ2) is 9.29.